The first-order chi connectivity index (χ1) is 15.8. The zero-order valence-electron chi connectivity index (χ0n) is 18.6. The number of allylic oxidation sites excluding steroid dienone is 1. The maximum Gasteiger partial charge on any atom is 0.376 e. The summed E-state index contributed by atoms with van der Waals surface area (Å²) in [6.45, 7) is 2.80. The van der Waals surface area contributed by atoms with Gasteiger partial charge >= 0.3 is 13.6 Å². The van der Waals surface area contributed by atoms with Gasteiger partial charge < -0.3 is 21.5 Å². The van der Waals surface area contributed by atoms with Gasteiger partial charge in [-0.15, -0.1) is 0 Å². The topological polar surface area (TPSA) is 194 Å². The quantitative estimate of drug-likeness (QED) is 0.171. The normalized spacial score (nSPS) is 13.9. The highest BCUT2D eigenvalue weighted by molar-refractivity contribution is 7.90. The number of hydrogen-bond donors (Lipinski definition) is 5. The van der Waals surface area contributed by atoms with Gasteiger partial charge in [0.2, 0.25) is 10.0 Å². The van der Waals surface area contributed by atoms with Gasteiger partial charge in [0.1, 0.15) is 5.44 Å². The van der Waals surface area contributed by atoms with E-state index in [1.807, 2.05) is 0 Å². The Balaban J connectivity index is 2.29. The second kappa shape index (κ2) is 11.3. The second-order valence-electron chi connectivity index (χ2n) is 7.48. The van der Waals surface area contributed by atoms with Crippen LogP contribution in [0.3, 0.4) is 0 Å². The Bertz CT molecular complexity index is 1240. The summed E-state index contributed by atoms with van der Waals surface area (Å²) in [5, 5.41) is 9.63. The van der Waals surface area contributed by atoms with Crippen molar-refractivity contribution < 1.29 is 32.3 Å². The minimum atomic E-state index is -4.95. The van der Waals surface area contributed by atoms with E-state index in [0.717, 1.165) is 5.56 Å². The van der Waals surface area contributed by atoms with Crippen LogP contribution in [0.1, 0.15) is 31.1 Å². The molecule has 2 aromatic rings. The van der Waals surface area contributed by atoms with Gasteiger partial charge in [0, 0.05) is 0 Å². The fraction of sp³-hybridized carbons (Fsp3) is 0.238. The molecule has 7 N–H and O–H groups in total. The molecule has 0 radical (unpaired) electrons. The van der Waals surface area contributed by atoms with E-state index in [2.05, 4.69) is 9.71 Å². The fourth-order valence-corrected chi connectivity index (χ4v) is 6.04. The molecule has 0 amide bonds. The van der Waals surface area contributed by atoms with Crippen molar-refractivity contribution in [2.45, 2.75) is 26.4 Å². The maximum absolute atomic E-state index is 13.1. The largest absolute Gasteiger partial charge is 0.479 e. The van der Waals surface area contributed by atoms with E-state index in [-0.39, 0.29) is 35.0 Å². The van der Waals surface area contributed by atoms with Crippen LogP contribution in [-0.2, 0) is 30.3 Å². The average molecular weight is 511 g/mol. The molecule has 0 aliphatic heterocycles. The van der Waals surface area contributed by atoms with Gasteiger partial charge in [-0.3, -0.25) is 13.8 Å². The third kappa shape index (κ3) is 7.99. The van der Waals surface area contributed by atoms with Crippen LogP contribution < -0.4 is 16.2 Å². The summed E-state index contributed by atoms with van der Waals surface area (Å²) in [5.74, 6) is -2.21. The molecule has 0 heterocycles. The predicted molar refractivity (Wildman–Crippen MR) is 129 cm³/mol. The van der Waals surface area contributed by atoms with Gasteiger partial charge in [0.25, 0.3) is 0 Å². The van der Waals surface area contributed by atoms with Crippen molar-refractivity contribution in [2.75, 3.05) is 5.75 Å². The number of nitrogens with one attached hydrogen (secondary N) is 1. The van der Waals surface area contributed by atoms with Crippen LogP contribution in [0.25, 0.3) is 0 Å². The first-order valence-corrected chi connectivity index (χ1v) is 13.2. The Morgan fingerprint density at radius 3 is 2.35 bits per heavy atom. The molecule has 2 rings (SSSR count). The lowest BCUT2D eigenvalue weighted by Crippen LogP contribution is -2.28. The molecule has 34 heavy (non-hydrogen) atoms. The molecule has 184 valence electrons. The number of guanidine groups is 1. The number of aryl methyl sites for hydroxylation is 1. The molecule has 0 aliphatic carbocycles. The van der Waals surface area contributed by atoms with Gasteiger partial charge in [-0.2, -0.15) is 0 Å². The highest BCUT2D eigenvalue weighted by atomic mass is 32.2. The molecule has 2 atom stereocenters. The minimum Gasteiger partial charge on any atom is -0.479 e. The Morgan fingerprint density at radius 2 is 1.79 bits per heavy atom. The first-order valence-electron chi connectivity index (χ1n) is 9.97. The minimum absolute atomic E-state index is 0.0238. The van der Waals surface area contributed by atoms with Crippen LogP contribution >= 0.6 is 7.60 Å². The number of benzene rings is 2. The van der Waals surface area contributed by atoms with Crippen molar-refractivity contribution in [2.24, 2.45) is 16.5 Å². The van der Waals surface area contributed by atoms with Crippen LogP contribution in [0.15, 0.2) is 70.6 Å². The van der Waals surface area contributed by atoms with Crippen molar-refractivity contribution in [1.29, 1.82) is 0 Å². The Hall–Kier alpha value is -3.18. The number of rotatable bonds is 11. The van der Waals surface area contributed by atoms with E-state index in [4.69, 9.17) is 16.0 Å². The molecule has 0 saturated heterocycles. The van der Waals surface area contributed by atoms with E-state index in [1.54, 1.807) is 30.3 Å². The van der Waals surface area contributed by atoms with E-state index in [9.17, 15) is 27.8 Å². The summed E-state index contributed by atoms with van der Waals surface area (Å²) in [6.07, 6.45) is -1.74. The number of hydrogen-bond acceptors (Lipinski definition) is 6. The standard InChI is InChI=1S/C21H27N4O7PS/c1-14(2)19(25-34(30,31)12-11-15-7-4-3-5-8-15)33(28,29)32-18(20(26)27)16-9-6-10-17(13-16)24-21(22)23/h3-10,13,18,25H,11-12H2,1-2H3,(H,26,27)(H,28,29)(H4,22,23,24). The third-order valence-corrected chi connectivity index (χ3v) is 7.44. The molecule has 0 bridgehead atoms. The number of carboxylic acid groups (broad SMARTS) is 1. The number of carboxylic acids is 1. The van der Waals surface area contributed by atoms with E-state index in [0.29, 0.717) is 0 Å². The van der Waals surface area contributed by atoms with Crippen molar-refractivity contribution >= 4 is 35.2 Å². The van der Waals surface area contributed by atoms with Gasteiger partial charge in [0.15, 0.2) is 12.1 Å². The summed E-state index contributed by atoms with van der Waals surface area (Å²) in [5.41, 5.74) is 11.1. The number of sulfonamides is 1. The number of aliphatic carboxylic acids is 1. The number of aliphatic imine (C=N–C) groups is 1. The molecule has 0 aliphatic rings. The summed E-state index contributed by atoms with van der Waals surface area (Å²) in [4.78, 5) is 26.3. The van der Waals surface area contributed by atoms with Gasteiger partial charge in [0.05, 0.1) is 11.4 Å². The summed E-state index contributed by atoms with van der Waals surface area (Å²) >= 11 is 0. The lowest BCUT2D eigenvalue weighted by atomic mass is 10.1. The summed E-state index contributed by atoms with van der Waals surface area (Å²) < 4.78 is 45.5. The molecule has 0 fully saturated rings. The number of nitrogens with two attached hydrogens (primary N) is 2. The zero-order chi connectivity index (χ0) is 25.5. The molecule has 0 saturated carbocycles. The van der Waals surface area contributed by atoms with E-state index in [1.165, 1.54) is 38.1 Å². The van der Waals surface area contributed by atoms with Crippen LogP contribution in [0.5, 0.6) is 0 Å². The maximum atomic E-state index is 13.1. The van der Waals surface area contributed by atoms with Crippen molar-refractivity contribution in [3.8, 4) is 0 Å². The van der Waals surface area contributed by atoms with E-state index >= 15 is 0 Å². The van der Waals surface area contributed by atoms with Crippen molar-refractivity contribution in [3.05, 3.63) is 76.7 Å². The van der Waals surface area contributed by atoms with Gasteiger partial charge in [-0.1, -0.05) is 42.5 Å². The number of carbonyl (C=O) groups is 1. The molecule has 11 nitrogen and oxygen atoms in total. The van der Waals surface area contributed by atoms with Gasteiger partial charge in [-0.05, 0) is 49.1 Å². The molecule has 2 aromatic carbocycles. The fourth-order valence-electron chi connectivity index (χ4n) is 2.89. The molecule has 0 spiro atoms. The third-order valence-electron chi connectivity index (χ3n) is 4.41. The predicted octanol–water partition coefficient (Wildman–Crippen LogP) is 2.33. The second-order valence-corrected chi connectivity index (χ2v) is 11.0. The van der Waals surface area contributed by atoms with E-state index < -0.39 is 35.1 Å². The number of nitrogens with zero attached hydrogens (tertiary/aromatic N) is 1. The van der Waals surface area contributed by atoms with Crippen molar-refractivity contribution in [1.82, 2.24) is 4.72 Å². The lowest BCUT2D eigenvalue weighted by molar-refractivity contribution is -0.145. The summed E-state index contributed by atoms with van der Waals surface area (Å²) in [7, 11) is -9.01. The first kappa shape index (κ1) is 27.1. The molecule has 2 unspecified atom stereocenters. The Kier molecular flexibility index (Phi) is 9.00. The van der Waals surface area contributed by atoms with Crippen LogP contribution in [0.2, 0.25) is 0 Å². The molecule has 0 aromatic heterocycles. The van der Waals surface area contributed by atoms with Crippen LogP contribution in [0.4, 0.5) is 5.69 Å². The molecule has 13 heteroatoms. The Labute approximate surface area is 197 Å². The SMILES string of the molecule is CC(C)=C(NS(=O)(=O)CCc1ccccc1)P(=O)(O)OC(C(=O)O)c1cccc(N=C(N)N)c1. The Morgan fingerprint density at radius 1 is 1.15 bits per heavy atom. The lowest BCUT2D eigenvalue weighted by Gasteiger charge is -2.22. The summed E-state index contributed by atoms with van der Waals surface area (Å²) in [6, 6.07) is 14.4. The molecular formula is C21H27N4O7PS. The highest BCUT2D eigenvalue weighted by Crippen LogP contribution is 2.54. The smallest absolute Gasteiger partial charge is 0.376 e. The monoisotopic (exact) mass is 510 g/mol. The van der Waals surface area contributed by atoms with Gasteiger partial charge in [-0.25, -0.2) is 18.2 Å². The molecular weight excluding hydrogens is 483 g/mol. The van der Waals surface area contributed by atoms with Crippen LogP contribution in [0, 0.1) is 0 Å². The zero-order valence-corrected chi connectivity index (χ0v) is 20.3. The average Bonchev–Trinajstić information content (AvgIpc) is 2.74. The van der Waals surface area contributed by atoms with Crippen molar-refractivity contribution in [3.63, 3.8) is 0 Å². The highest BCUT2D eigenvalue weighted by Gasteiger charge is 2.37. The van der Waals surface area contributed by atoms with Crippen LogP contribution in [-0.4, -0.2) is 36.1 Å².